The second-order valence-electron chi connectivity index (χ2n) is 4.30. The molecule has 6 heteroatoms. The van der Waals surface area contributed by atoms with Crippen molar-refractivity contribution in [2.24, 2.45) is 0 Å². The lowest BCUT2D eigenvalue weighted by atomic mass is 10.1. The quantitative estimate of drug-likeness (QED) is 0.858. The summed E-state index contributed by atoms with van der Waals surface area (Å²) in [5.41, 5.74) is 1.60. The Morgan fingerprint density at radius 3 is 2.29 bits per heavy atom. The molecule has 0 unspecified atom stereocenters. The number of hydrogen-bond donors (Lipinski definition) is 2. The molecule has 0 saturated heterocycles. The summed E-state index contributed by atoms with van der Waals surface area (Å²) in [7, 11) is 2.97. The molecule has 0 radical (unpaired) electrons. The normalized spacial score (nSPS) is 10.3. The van der Waals surface area contributed by atoms with Crippen LogP contribution in [-0.4, -0.2) is 19.3 Å². The van der Waals surface area contributed by atoms with E-state index in [2.05, 4.69) is 5.32 Å². The predicted octanol–water partition coefficient (Wildman–Crippen LogP) is 4.33. The number of anilines is 1. The first kappa shape index (κ1) is 15.6. The molecule has 2 rings (SSSR count). The second kappa shape index (κ2) is 6.78. The number of phenolic OH excluding ortho intramolecular Hbond substituents is 1. The molecule has 0 fully saturated rings. The topological polar surface area (TPSA) is 50.7 Å². The van der Waals surface area contributed by atoms with E-state index in [1.807, 2.05) is 12.1 Å². The number of benzene rings is 2. The number of nitrogens with one attached hydrogen (secondary N) is 1. The minimum atomic E-state index is -0.0236. The zero-order valence-corrected chi connectivity index (χ0v) is 13.1. The van der Waals surface area contributed by atoms with Crippen LogP contribution in [0.4, 0.5) is 5.69 Å². The summed E-state index contributed by atoms with van der Waals surface area (Å²) < 4.78 is 10.2. The van der Waals surface area contributed by atoms with Gasteiger partial charge in [-0.05, 0) is 29.8 Å². The minimum Gasteiger partial charge on any atom is -0.502 e. The van der Waals surface area contributed by atoms with Crippen molar-refractivity contribution in [1.29, 1.82) is 0 Å². The molecular weight excluding hydrogens is 313 g/mol. The van der Waals surface area contributed by atoms with Crippen molar-refractivity contribution in [2.45, 2.75) is 6.54 Å². The summed E-state index contributed by atoms with van der Waals surface area (Å²) in [6.07, 6.45) is 0. The number of hydrogen-bond acceptors (Lipinski definition) is 4. The van der Waals surface area contributed by atoms with E-state index in [0.29, 0.717) is 28.1 Å². The smallest absolute Gasteiger partial charge is 0.200 e. The van der Waals surface area contributed by atoms with E-state index in [1.165, 1.54) is 14.2 Å². The maximum Gasteiger partial charge on any atom is 0.200 e. The van der Waals surface area contributed by atoms with E-state index in [4.69, 9.17) is 32.7 Å². The average molecular weight is 328 g/mol. The van der Waals surface area contributed by atoms with Crippen LogP contribution in [0.1, 0.15) is 5.56 Å². The van der Waals surface area contributed by atoms with Crippen molar-refractivity contribution >= 4 is 28.9 Å². The molecule has 0 aliphatic carbocycles. The van der Waals surface area contributed by atoms with Crippen LogP contribution in [0, 0.1) is 0 Å². The summed E-state index contributed by atoms with van der Waals surface area (Å²) >= 11 is 12.1. The Balaban J connectivity index is 2.22. The van der Waals surface area contributed by atoms with E-state index in [0.717, 1.165) is 11.3 Å². The third-order valence-corrected chi connectivity index (χ3v) is 3.79. The molecule has 2 N–H and O–H groups in total. The van der Waals surface area contributed by atoms with Crippen molar-refractivity contribution in [1.82, 2.24) is 0 Å². The zero-order chi connectivity index (χ0) is 15.4. The molecule has 4 nitrogen and oxygen atoms in total. The molecule has 2 aromatic carbocycles. The van der Waals surface area contributed by atoms with Crippen LogP contribution < -0.4 is 14.8 Å². The van der Waals surface area contributed by atoms with E-state index in [9.17, 15) is 5.11 Å². The van der Waals surface area contributed by atoms with E-state index >= 15 is 0 Å². The van der Waals surface area contributed by atoms with Gasteiger partial charge >= 0.3 is 0 Å². The molecular formula is C15H15Cl2NO3. The van der Waals surface area contributed by atoms with Crippen molar-refractivity contribution in [3.05, 3.63) is 45.9 Å². The Bertz CT molecular complexity index is 622. The first-order valence-electron chi connectivity index (χ1n) is 6.18. The van der Waals surface area contributed by atoms with Crippen LogP contribution in [0.2, 0.25) is 10.0 Å². The molecule has 0 bridgehead atoms. The van der Waals surface area contributed by atoms with Crippen LogP contribution >= 0.6 is 23.2 Å². The summed E-state index contributed by atoms with van der Waals surface area (Å²) in [4.78, 5) is 0. The molecule has 0 heterocycles. The average Bonchev–Trinajstić information content (AvgIpc) is 2.49. The van der Waals surface area contributed by atoms with Gasteiger partial charge in [0.05, 0.1) is 30.0 Å². The molecule has 0 saturated carbocycles. The maximum absolute atomic E-state index is 9.87. The Morgan fingerprint density at radius 2 is 1.71 bits per heavy atom. The fourth-order valence-corrected chi connectivity index (χ4v) is 2.25. The minimum absolute atomic E-state index is 0.0236. The molecule has 112 valence electrons. The Labute approximate surface area is 133 Å². The third kappa shape index (κ3) is 3.46. The fraction of sp³-hybridized carbons (Fsp3) is 0.200. The van der Waals surface area contributed by atoms with Crippen molar-refractivity contribution in [3.63, 3.8) is 0 Å². The number of halogens is 2. The van der Waals surface area contributed by atoms with Gasteiger partial charge in [-0.15, -0.1) is 0 Å². The Morgan fingerprint density at radius 1 is 1.10 bits per heavy atom. The highest BCUT2D eigenvalue weighted by atomic mass is 35.5. The summed E-state index contributed by atoms with van der Waals surface area (Å²) in [6.45, 7) is 0.479. The summed E-state index contributed by atoms with van der Waals surface area (Å²) in [6, 6.07) is 8.83. The van der Waals surface area contributed by atoms with E-state index < -0.39 is 0 Å². The zero-order valence-electron chi connectivity index (χ0n) is 11.6. The van der Waals surface area contributed by atoms with Crippen molar-refractivity contribution < 1.29 is 14.6 Å². The molecule has 0 amide bonds. The molecule has 0 aliphatic heterocycles. The highest BCUT2D eigenvalue weighted by molar-refractivity contribution is 6.43. The second-order valence-corrected chi connectivity index (χ2v) is 5.09. The van der Waals surface area contributed by atoms with Gasteiger partial charge in [-0.2, -0.15) is 0 Å². The van der Waals surface area contributed by atoms with Gasteiger partial charge < -0.3 is 19.9 Å². The lowest BCUT2D eigenvalue weighted by Gasteiger charge is -2.13. The van der Waals surface area contributed by atoms with Crippen LogP contribution in [0.3, 0.4) is 0 Å². The largest absolute Gasteiger partial charge is 0.502 e. The van der Waals surface area contributed by atoms with Gasteiger partial charge in [0.1, 0.15) is 0 Å². The number of rotatable bonds is 5. The number of aromatic hydroxyl groups is 1. The Kier molecular flexibility index (Phi) is 5.04. The molecule has 0 spiro atoms. The number of phenols is 1. The number of methoxy groups -OCH3 is 2. The van der Waals surface area contributed by atoms with Gasteiger partial charge in [0.25, 0.3) is 0 Å². The van der Waals surface area contributed by atoms with Gasteiger partial charge in [0.15, 0.2) is 11.5 Å². The van der Waals surface area contributed by atoms with Crippen LogP contribution in [0.5, 0.6) is 17.2 Å². The third-order valence-electron chi connectivity index (χ3n) is 2.97. The highest BCUT2D eigenvalue weighted by Crippen LogP contribution is 2.37. The first-order valence-corrected chi connectivity index (χ1v) is 6.94. The van der Waals surface area contributed by atoms with E-state index in [-0.39, 0.29) is 5.75 Å². The lowest BCUT2D eigenvalue weighted by molar-refractivity contribution is 0.339. The molecule has 0 aliphatic rings. The van der Waals surface area contributed by atoms with Crippen molar-refractivity contribution in [3.8, 4) is 17.2 Å². The molecule has 0 atom stereocenters. The maximum atomic E-state index is 9.87. The van der Waals surface area contributed by atoms with Gasteiger partial charge in [-0.1, -0.05) is 29.3 Å². The van der Waals surface area contributed by atoms with Crippen LogP contribution in [0.25, 0.3) is 0 Å². The SMILES string of the molecule is COc1cc(CNc2cccc(Cl)c2Cl)cc(OC)c1O. The molecule has 0 aromatic heterocycles. The first-order chi connectivity index (χ1) is 10.1. The standard InChI is InChI=1S/C15H15Cl2NO3/c1-20-12-6-9(7-13(21-2)15(12)19)8-18-11-5-3-4-10(16)14(11)17/h3-7,18-19H,8H2,1-2H3. The van der Waals surface area contributed by atoms with E-state index in [1.54, 1.807) is 18.2 Å². The lowest BCUT2D eigenvalue weighted by Crippen LogP contribution is -2.01. The number of ether oxygens (including phenoxy) is 2. The highest BCUT2D eigenvalue weighted by Gasteiger charge is 2.11. The summed E-state index contributed by atoms with van der Waals surface area (Å²) in [5.74, 6) is 0.677. The fourth-order valence-electron chi connectivity index (χ4n) is 1.89. The summed E-state index contributed by atoms with van der Waals surface area (Å²) in [5, 5.41) is 14.0. The molecule has 2 aromatic rings. The Hall–Kier alpha value is -1.78. The monoisotopic (exact) mass is 327 g/mol. The van der Waals surface area contributed by atoms with Gasteiger partial charge in [0.2, 0.25) is 5.75 Å². The van der Waals surface area contributed by atoms with Gasteiger partial charge in [-0.3, -0.25) is 0 Å². The predicted molar refractivity (Wildman–Crippen MR) is 85.0 cm³/mol. The van der Waals surface area contributed by atoms with Crippen LogP contribution in [-0.2, 0) is 6.54 Å². The van der Waals surface area contributed by atoms with Crippen molar-refractivity contribution in [2.75, 3.05) is 19.5 Å². The van der Waals surface area contributed by atoms with Gasteiger partial charge in [0, 0.05) is 6.54 Å². The van der Waals surface area contributed by atoms with Gasteiger partial charge in [-0.25, -0.2) is 0 Å². The molecule has 21 heavy (non-hydrogen) atoms. The van der Waals surface area contributed by atoms with Crippen LogP contribution in [0.15, 0.2) is 30.3 Å².